The van der Waals surface area contributed by atoms with Crippen LogP contribution in [0, 0.1) is 13.8 Å². The standard InChI is InChI=1S/C29H28NO/c1-18(2)21-10-12-24-25-13-11-22(15-29(25)31-28(24)14-21)26-16-27(30(5)17-20(26)4)23-9-7-6-8-19(23)3/h6-18H,1-5H3/q+1/i1D3,4D3,18D. The summed E-state index contributed by atoms with van der Waals surface area (Å²) >= 11 is 0. The van der Waals surface area contributed by atoms with Crippen molar-refractivity contribution >= 4 is 21.9 Å². The molecule has 0 aliphatic carbocycles. The molecule has 0 radical (unpaired) electrons. The topological polar surface area (TPSA) is 17.0 Å². The van der Waals surface area contributed by atoms with Gasteiger partial charge in [0.1, 0.15) is 18.2 Å². The molecule has 0 spiro atoms. The first-order chi connectivity index (χ1) is 17.7. The fourth-order valence-corrected chi connectivity index (χ4v) is 4.19. The average Bonchev–Trinajstić information content (AvgIpc) is 3.20. The van der Waals surface area contributed by atoms with Crippen LogP contribution in [-0.4, -0.2) is 0 Å². The first-order valence-electron chi connectivity index (χ1n) is 13.8. The number of pyridine rings is 1. The van der Waals surface area contributed by atoms with Crippen LogP contribution in [0.2, 0.25) is 0 Å². The molecule has 0 amide bonds. The van der Waals surface area contributed by atoms with Gasteiger partial charge in [-0.1, -0.05) is 50.2 Å². The monoisotopic (exact) mass is 413 g/mol. The van der Waals surface area contributed by atoms with E-state index in [0.29, 0.717) is 27.9 Å². The highest BCUT2D eigenvalue weighted by molar-refractivity contribution is 6.06. The van der Waals surface area contributed by atoms with Crippen LogP contribution >= 0.6 is 0 Å². The van der Waals surface area contributed by atoms with E-state index in [-0.39, 0.29) is 5.56 Å². The molecule has 0 aliphatic heterocycles. The number of aryl methyl sites for hydroxylation is 3. The zero-order valence-electron chi connectivity index (χ0n) is 24.8. The Kier molecular flexibility index (Phi) is 3.12. The minimum atomic E-state index is -2.50. The van der Waals surface area contributed by atoms with Crippen molar-refractivity contribution in [2.45, 2.75) is 33.4 Å². The summed E-state index contributed by atoms with van der Waals surface area (Å²) in [7, 11) is 1.85. The molecule has 2 nitrogen and oxygen atoms in total. The molecule has 1 unspecified atom stereocenters. The van der Waals surface area contributed by atoms with Crippen LogP contribution in [0.15, 0.2) is 77.3 Å². The Labute approximate surface area is 193 Å². The maximum atomic E-state index is 8.42. The molecule has 2 heteroatoms. The lowest BCUT2D eigenvalue weighted by molar-refractivity contribution is -0.660. The smallest absolute Gasteiger partial charge is 0.213 e. The summed E-state index contributed by atoms with van der Waals surface area (Å²) in [5, 5.41) is 1.62. The van der Waals surface area contributed by atoms with E-state index in [1.807, 2.05) is 67.1 Å². The maximum absolute atomic E-state index is 8.42. The Morgan fingerprint density at radius 3 is 2.45 bits per heavy atom. The van der Waals surface area contributed by atoms with Crippen LogP contribution in [0.5, 0.6) is 0 Å². The third-order valence-corrected chi connectivity index (χ3v) is 5.91. The normalized spacial score (nSPS) is 17.7. The summed E-state index contributed by atoms with van der Waals surface area (Å²) < 4.78 is 64.2. The number of fused-ring (bicyclic) bond motifs is 3. The summed E-state index contributed by atoms with van der Waals surface area (Å²) in [6.07, 6.45) is 1.67. The van der Waals surface area contributed by atoms with Gasteiger partial charge < -0.3 is 4.42 Å². The van der Waals surface area contributed by atoms with Gasteiger partial charge in [0.25, 0.3) is 0 Å². The summed E-state index contributed by atoms with van der Waals surface area (Å²) in [6.45, 7) is -1.43. The first kappa shape index (κ1) is 13.1. The van der Waals surface area contributed by atoms with E-state index >= 15 is 0 Å². The fourth-order valence-electron chi connectivity index (χ4n) is 4.19. The second-order valence-electron chi connectivity index (χ2n) is 8.06. The molecule has 0 aliphatic rings. The molecule has 5 aromatic rings. The molecule has 0 N–H and O–H groups in total. The molecule has 2 heterocycles. The van der Waals surface area contributed by atoms with E-state index in [9.17, 15) is 0 Å². The first-order valence-corrected chi connectivity index (χ1v) is 10.3. The van der Waals surface area contributed by atoms with E-state index in [1.54, 1.807) is 24.4 Å². The number of nitrogens with zero attached hydrogens (tertiary/aromatic N) is 1. The number of rotatable bonds is 3. The Hall–Kier alpha value is -3.39. The van der Waals surface area contributed by atoms with Crippen LogP contribution in [0.3, 0.4) is 0 Å². The van der Waals surface area contributed by atoms with Crippen molar-refractivity contribution in [3.8, 4) is 22.4 Å². The van der Waals surface area contributed by atoms with E-state index in [0.717, 1.165) is 27.6 Å². The number of furan rings is 1. The maximum Gasteiger partial charge on any atom is 0.213 e. The fraction of sp³-hybridized carbons (Fsp3) is 0.207. The van der Waals surface area contributed by atoms with E-state index < -0.39 is 19.6 Å². The van der Waals surface area contributed by atoms with Gasteiger partial charge >= 0.3 is 0 Å². The van der Waals surface area contributed by atoms with Gasteiger partial charge in [0.05, 0.1) is 0 Å². The van der Waals surface area contributed by atoms with Gasteiger partial charge in [0, 0.05) is 37.6 Å². The van der Waals surface area contributed by atoms with Gasteiger partial charge in [-0.25, -0.2) is 4.57 Å². The van der Waals surface area contributed by atoms with Crippen LogP contribution in [0.1, 0.15) is 46.0 Å². The average molecular weight is 414 g/mol. The molecular formula is C29H28NO+. The summed E-state index contributed by atoms with van der Waals surface area (Å²) in [6, 6.07) is 20.5. The largest absolute Gasteiger partial charge is 0.456 e. The van der Waals surface area contributed by atoms with Crippen molar-refractivity contribution < 1.29 is 18.6 Å². The summed E-state index contributed by atoms with van der Waals surface area (Å²) in [5.41, 5.74) is 5.88. The lowest BCUT2D eigenvalue weighted by Crippen LogP contribution is -2.31. The predicted molar refractivity (Wildman–Crippen MR) is 129 cm³/mol. The zero-order chi connectivity index (χ0) is 27.6. The van der Waals surface area contributed by atoms with Gasteiger partial charge in [-0.2, -0.15) is 0 Å². The highest BCUT2D eigenvalue weighted by atomic mass is 16.3. The molecule has 3 aromatic carbocycles. The van der Waals surface area contributed by atoms with Gasteiger partial charge in [-0.3, -0.25) is 0 Å². The van der Waals surface area contributed by atoms with Crippen LogP contribution < -0.4 is 4.57 Å². The van der Waals surface area contributed by atoms with E-state index in [1.165, 1.54) is 6.92 Å². The van der Waals surface area contributed by atoms with Crippen molar-refractivity contribution in [3.05, 3.63) is 89.6 Å². The van der Waals surface area contributed by atoms with Crippen LogP contribution in [0.4, 0.5) is 0 Å². The third-order valence-electron chi connectivity index (χ3n) is 5.91. The molecule has 0 fully saturated rings. The molecule has 154 valence electrons. The highest BCUT2D eigenvalue weighted by Crippen LogP contribution is 2.35. The third kappa shape index (κ3) is 3.33. The molecule has 0 bridgehead atoms. The Morgan fingerprint density at radius 2 is 1.68 bits per heavy atom. The molecule has 31 heavy (non-hydrogen) atoms. The zero-order valence-corrected chi connectivity index (χ0v) is 17.8. The number of hydrogen-bond donors (Lipinski definition) is 0. The van der Waals surface area contributed by atoms with Gasteiger partial charge in [0.2, 0.25) is 5.69 Å². The molecule has 2 aromatic heterocycles. The molecular weight excluding hydrogens is 378 g/mol. The van der Waals surface area contributed by atoms with Crippen molar-refractivity contribution in [2.75, 3.05) is 0 Å². The van der Waals surface area contributed by atoms with Gasteiger partial charge in [-0.05, 0) is 66.2 Å². The second-order valence-corrected chi connectivity index (χ2v) is 8.06. The minimum Gasteiger partial charge on any atom is -0.456 e. The van der Waals surface area contributed by atoms with Crippen molar-refractivity contribution in [2.24, 2.45) is 7.05 Å². The molecule has 0 saturated carbocycles. The molecule has 5 rings (SSSR count). The van der Waals surface area contributed by atoms with Crippen molar-refractivity contribution in [1.29, 1.82) is 0 Å². The minimum absolute atomic E-state index is 0.234. The quantitative estimate of drug-likeness (QED) is 0.280. The number of benzene rings is 3. The second kappa shape index (κ2) is 7.39. The molecule has 0 saturated heterocycles. The Balaban J connectivity index is 1.70. The van der Waals surface area contributed by atoms with Crippen molar-refractivity contribution in [1.82, 2.24) is 0 Å². The number of aromatic nitrogens is 1. The molecule has 1 atom stereocenters. The van der Waals surface area contributed by atoms with E-state index in [2.05, 4.69) is 0 Å². The van der Waals surface area contributed by atoms with Crippen LogP contribution in [-0.2, 0) is 7.05 Å². The lowest BCUT2D eigenvalue weighted by atomic mass is 9.96. The summed E-state index contributed by atoms with van der Waals surface area (Å²) in [5.74, 6) is -1.79. The van der Waals surface area contributed by atoms with E-state index in [4.69, 9.17) is 14.0 Å². The highest BCUT2D eigenvalue weighted by Gasteiger charge is 2.17. The van der Waals surface area contributed by atoms with Crippen LogP contribution in [0.25, 0.3) is 44.3 Å². The van der Waals surface area contributed by atoms with Gasteiger partial charge in [0.15, 0.2) is 6.20 Å². The SMILES string of the molecule is [2H]C([2H])([2H])c1c[n+](C)c(-c2ccccc2C)cc1-c1ccc2c(c1)oc1cc(C([2H])(C)C([2H])([2H])[2H])ccc12. The van der Waals surface area contributed by atoms with Gasteiger partial charge in [-0.15, -0.1) is 0 Å². The van der Waals surface area contributed by atoms with Crippen molar-refractivity contribution in [3.63, 3.8) is 0 Å². The Morgan fingerprint density at radius 1 is 0.903 bits per heavy atom. The summed E-state index contributed by atoms with van der Waals surface area (Å²) in [4.78, 5) is 0. The Bertz CT molecular complexity index is 1690. The number of hydrogen-bond acceptors (Lipinski definition) is 1. The lowest BCUT2D eigenvalue weighted by Gasteiger charge is -2.10. The predicted octanol–water partition coefficient (Wildman–Crippen LogP) is 7.48.